The zero-order valence-corrected chi connectivity index (χ0v) is 27.6. The molecular weight excluding hydrogens is 581 g/mol. The van der Waals surface area contributed by atoms with Gasteiger partial charge in [-0.25, -0.2) is 0 Å². The molecule has 0 bridgehead atoms. The van der Waals surface area contributed by atoms with Gasteiger partial charge >= 0.3 is 0 Å². The first kappa shape index (κ1) is 29.5. The first-order valence-electron chi connectivity index (χ1n) is 16.7. The van der Waals surface area contributed by atoms with Crippen LogP contribution >= 0.6 is 0 Å². The van der Waals surface area contributed by atoms with Gasteiger partial charge < -0.3 is 9.47 Å². The van der Waals surface area contributed by atoms with Crippen LogP contribution in [0.3, 0.4) is 0 Å². The monoisotopic (exact) mass is 618 g/mol. The van der Waals surface area contributed by atoms with Crippen molar-refractivity contribution in [2.75, 3.05) is 4.90 Å². The van der Waals surface area contributed by atoms with E-state index in [1.54, 1.807) is 0 Å². The average Bonchev–Trinajstić information content (AvgIpc) is 3.48. The van der Waals surface area contributed by atoms with Crippen molar-refractivity contribution in [2.45, 2.75) is 26.2 Å². The van der Waals surface area contributed by atoms with Crippen LogP contribution in [0, 0.1) is 0 Å². The second kappa shape index (κ2) is 12.1. The number of para-hydroxylation sites is 3. The third-order valence-electron chi connectivity index (χ3n) is 9.31. The van der Waals surface area contributed by atoms with E-state index in [0.717, 1.165) is 17.1 Å². The molecule has 7 aromatic carbocycles. The molecule has 2 nitrogen and oxygen atoms in total. The number of fused-ring (bicyclic) bond motifs is 3. The molecule has 0 aliphatic rings. The number of hydrogen-bond acceptors (Lipinski definition) is 1. The van der Waals surface area contributed by atoms with Crippen molar-refractivity contribution in [1.82, 2.24) is 4.57 Å². The Morgan fingerprint density at radius 2 is 0.979 bits per heavy atom. The van der Waals surface area contributed by atoms with Crippen LogP contribution in [0.2, 0.25) is 0 Å². The van der Waals surface area contributed by atoms with Gasteiger partial charge in [0, 0.05) is 27.8 Å². The molecule has 8 aromatic rings. The molecule has 0 saturated heterocycles. The van der Waals surface area contributed by atoms with Crippen LogP contribution in [-0.2, 0) is 5.41 Å². The van der Waals surface area contributed by atoms with Crippen LogP contribution < -0.4 is 4.90 Å². The lowest BCUT2D eigenvalue weighted by atomic mass is 9.83. The maximum atomic E-state index is 2.48. The van der Waals surface area contributed by atoms with Crippen molar-refractivity contribution in [2.24, 2.45) is 0 Å². The van der Waals surface area contributed by atoms with E-state index in [1.165, 1.54) is 55.3 Å². The highest BCUT2D eigenvalue weighted by molar-refractivity contribution is 6.14. The zero-order chi connectivity index (χ0) is 32.7. The quantitative estimate of drug-likeness (QED) is 0.180. The SMILES string of the molecule is CC(C)(C)c1cc(-c2ccccc2)ccc1N(c1ccc(-c2ccccc2)cc1)c1cccc2c3ccccc3n(-c3ccccc3)c12. The number of anilines is 3. The van der Waals surface area contributed by atoms with Crippen molar-refractivity contribution >= 4 is 38.9 Å². The summed E-state index contributed by atoms with van der Waals surface area (Å²) in [6, 6.07) is 63.6. The summed E-state index contributed by atoms with van der Waals surface area (Å²) in [5.41, 5.74) is 13.0. The minimum atomic E-state index is -0.123. The predicted molar refractivity (Wildman–Crippen MR) is 205 cm³/mol. The zero-order valence-electron chi connectivity index (χ0n) is 27.6. The maximum Gasteiger partial charge on any atom is 0.0782 e. The van der Waals surface area contributed by atoms with Gasteiger partial charge in [-0.15, -0.1) is 0 Å². The van der Waals surface area contributed by atoms with Gasteiger partial charge in [0.2, 0.25) is 0 Å². The molecule has 0 spiro atoms. The van der Waals surface area contributed by atoms with E-state index in [1.807, 2.05) is 0 Å². The van der Waals surface area contributed by atoms with Crippen molar-refractivity contribution in [1.29, 1.82) is 0 Å². The van der Waals surface area contributed by atoms with E-state index >= 15 is 0 Å². The van der Waals surface area contributed by atoms with Gasteiger partial charge in [-0.3, -0.25) is 0 Å². The Morgan fingerprint density at radius 1 is 0.438 bits per heavy atom. The first-order valence-corrected chi connectivity index (χ1v) is 16.7. The van der Waals surface area contributed by atoms with Gasteiger partial charge in [-0.1, -0.05) is 148 Å². The lowest BCUT2D eigenvalue weighted by molar-refractivity contribution is 0.591. The Balaban J connectivity index is 1.43. The molecular formula is C46H38N2. The second-order valence-electron chi connectivity index (χ2n) is 13.5. The smallest absolute Gasteiger partial charge is 0.0782 e. The predicted octanol–water partition coefficient (Wildman–Crippen LogP) is 12.9. The second-order valence-corrected chi connectivity index (χ2v) is 13.5. The van der Waals surface area contributed by atoms with E-state index in [0.29, 0.717) is 0 Å². The summed E-state index contributed by atoms with van der Waals surface area (Å²) >= 11 is 0. The Kier molecular flexibility index (Phi) is 7.42. The molecule has 0 fully saturated rings. The molecule has 0 aliphatic heterocycles. The molecule has 2 heteroatoms. The highest BCUT2D eigenvalue weighted by Crippen LogP contribution is 2.47. The fourth-order valence-electron chi connectivity index (χ4n) is 7.01. The Hall–Kier alpha value is -5.86. The standard InChI is InChI=1S/C46H38N2/c1-46(2,3)41-32-36(34-18-9-5-10-19-34)28-31-43(41)47(38-29-26-35(27-30-38)33-16-7-4-8-17-33)44-25-15-23-40-39-22-13-14-24-42(39)48(45(40)44)37-20-11-6-12-21-37/h4-32H,1-3H3. The molecule has 232 valence electrons. The summed E-state index contributed by atoms with van der Waals surface area (Å²) in [4.78, 5) is 2.48. The largest absolute Gasteiger partial charge is 0.308 e. The summed E-state index contributed by atoms with van der Waals surface area (Å²) in [5.74, 6) is 0. The number of rotatable bonds is 6. The molecule has 0 N–H and O–H groups in total. The van der Waals surface area contributed by atoms with E-state index in [-0.39, 0.29) is 5.41 Å². The van der Waals surface area contributed by atoms with Gasteiger partial charge in [-0.2, -0.15) is 0 Å². The summed E-state index contributed by atoms with van der Waals surface area (Å²) in [6.45, 7) is 6.95. The van der Waals surface area contributed by atoms with Crippen molar-refractivity contribution < 1.29 is 0 Å². The highest BCUT2D eigenvalue weighted by Gasteiger charge is 2.27. The fourth-order valence-corrected chi connectivity index (χ4v) is 7.01. The van der Waals surface area contributed by atoms with Crippen LogP contribution in [0.5, 0.6) is 0 Å². The molecule has 0 atom stereocenters. The van der Waals surface area contributed by atoms with Crippen LogP contribution in [0.15, 0.2) is 176 Å². The summed E-state index contributed by atoms with van der Waals surface area (Å²) in [5, 5.41) is 2.48. The number of nitrogens with zero attached hydrogens (tertiary/aromatic N) is 2. The van der Waals surface area contributed by atoms with Gasteiger partial charge in [0.25, 0.3) is 0 Å². The van der Waals surface area contributed by atoms with Gasteiger partial charge in [0.1, 0.15) is 0 Å². The third-order valence-corrected chi connectivity index (χ3v) is 9.31. The molecule has 0 aliphatic carbocycles. The lowest BCUT2D eigenvalue weighted by Gasteiger charge is -2.33. The molecule has 0 saturated carbocycles. The molecule has 1 heterocycles. The topological polar surface area (TPSA) is 8.17 Å². The van der Waals surface area contributed by atoms with Crippen molar-refractivity contribution in [3.05, 3.63) is 181 Å². The molecule has 0 unspecified atom stereocenters. The van der Waals surface area contributed by atoms with E-state index in [4.69, 9.17) is 0 Å². The Bertz CT molecular complexity index is 2340. The number of aromatic nitrogens is 1. The summed E-state index contributed by atoms with van der Waals surface area (Å²) < 4.78 is 2.43. The molecule has 48 heavy (non-hydrogen) atoms. The summed E-state index contributed by atoms with van der Waals surface area (Å²) in [7, 11) is 0. The molecule has 0 amide bonds. The molecule has 1 aromatic heterocycles. The fraction of sp³-hybridized carbons (Fsp3) is 0.0870. The van der Waals surface area contributed by atoms with Crippen LogP contribution in [-0.4, -0.2) is 4.57 Å². The van der Waals surface area contributed by atoms with Crippen LogP contribution in [0.1, 0.15) is 26.3 Å². The van der Waals surface area contributed by atoms with Crippen molar-refractivity contribution in [3.8, 4) is 27.9 Å². The Labute approximate surface area is 283 Å². The van der Waals surface area contributed by atoms with Gasteiger partial charge in [0.15, 0.2) is 0 Å². The minimum absolute atomic E-state index is 0.123. The van der Waals surface area contributed by atoms with E-state index in [2.05, 4.69) is 206 Å². The summed E-state index contributed by atoms with van der Waals surface area (Å²) in [6.07, 6.45) is 0. The maximum absolute atomic E-state index is 2.48. The van der Waals surface area contributed by atoms with Crippen LogP contribution in [0.4, 0.5) is 17.1 Å². The van der Waals surface area contributed by atoms with Gasteiger partial charge in [-0.05, 0) is 81.8 Å². The van der Waals surface area contributed by atoms with E-state index < -0.39 is 0 Å². The number of hydrogen-bond donors (Lipinski definition) is 0. The third kappa shape index (κ3) is 5.26. The first-order chi connectivity index (χ1) is 23.5. The molecule has 8 rings (SSSR count). The normalized spacial score (nSPS) is 11.6. The van der Waals surface area contributed by atoms with Crippen molar-refractivity contribution in [3.63, 3.8) is 0 Å². The molecule has 0 radical (unpaired) electrons. The van der Waals surface area contributed by atoms with Gasteiger partial charge in [0.05, 0.1) is 16.7 Å². The highest BCUT2D eigenvalue weighted by atomic mass is 15.2. The van der Waals surface area contributed by atoms with E-state index in [9.17, 15) is 0 Å². The average molecular weight is 619 g/mol. The minimum Gasteiger partial charge on any atom is -0.308 e. The van der Waals surface area contributed by atoms with Crippen LogP contribution in [0.25, 0.3) is 49.7 Å². The Morgan fingerprint density at radius 3 is 1.65 bits per heavy atom. The number of benzene rings is 7. The lowest BCUT2D eigenvalue weighted by Crippen LogP contribution is -2.20.